The average Bonchev–Trinajstić information content (AvgIpc) is 3.13. The van der Waals surface area contributed by atoms with Crippen LogP contribution in [0.1, 0.15) is 12.0 Å². The monoisotopic (exact) mass is 363 g/mol. The first-order chi connectivity index (χ1) is 12.9. The van der Waals surface area contributed by atoms with Crippen molar-refractivity contribution >= 4 is 33.7 Å². The van der Waals surface area contributed by atoms with Crippen molar-refractivity contribution in [3.8, 4) is 0 Å². The summed E-state index contributed by atoms with van der Waals surface area (Å²) in [5, 5.41) is 2.94. The van der Waals surface area contributed by atoms with Gasteiger partial charge in [-0.15, -0.1) is 0 Å². The Labute approximate surface area is 155 Å². The normalized spacial score (nSPS) is 11.4. The number of carbonyl (C=O) groups excluding carboxylic acids is 1. The highest BCUT2D eigenvalue weighted by Crippen LogP contribution is 2.19. The molecule has 2 aromatic heterocycles. The number of fused-ring (bicyclic) bond motifs is 2. The maximum absolute atomic E-state index is 12.3. The lowest BCUT2D eigenvalue weighted by Crippen LogP contribution is -2.19. The van der Waals surface area contributed by atoms with Gasteiger partial charge in [0, 0.05) is 33.3 Å². The number of hydrogen-bond donors (Lipinski definition) is 1. The van der Waals surface area contributed by atoms with Gasteiger partial charge in [-0.2, -0.15) is 0 Å². The van der Waals surface area contributed by atoms with E-state index in [0.29, 0.717) is 12.8 Å². The molecule has 1 N–H and O–H groups in total. The minimum absolute atomic E-state index is 0.0430. The third kappa shape index (κ3) is 3.01. The summed E-state index contributed by atoms with van der Waals surface area (Å²) in [6.45, 7) is 0. The van der Waals surface area contributed by atoms with Crippen molar-refractivity contribution < 1.29 is 4.79 Å². The zero-order chi connectivity index (χ0) is 19.1. The summed E-state index contributed by atoms with van der Waals surface area (Å²) in [7, 11) is 5.45. The summed E-state index contributed by atoms with van der Waals surface area (Å²) >= 11 is 0. The Hall–Kier alpha value is -3.35. The number of nitrogens with one attached hydrogen (secondary N) is 1. The largest absolute Gasteiger partial charge is 0.334 e. The van der Waals surface area contributed by atoms with Gasteiger partial charge in [0.15, 0.2) is 0 Å². The predicted octanol–water partition coefficient (Wildman–Crippen LogP) is 2.33. The lowest BCUT2D eigenvalue weighted by atomic mass is 10.1. The molecule has 2 aromatic carbocycles. The fourth-order valence-corrected chi connectivity index (χ4v) is 3.39. The first-order valence-electron chi connectivity index (χ1n) is 8.79. The Bertz CT molecular complexity index is 1230. The standard InChI is InChI=1S/C20H21N5O2/c1-23-12-21-15-7-6-14(11-17(15)23)22-19(26)9-5-13-4-8-16-18(10-13)25(3)20(27)24(16)2/h4,6-8,10-12H,5,9H2,1-3H3,(H,22,26). The maximum atomic E-state index is 12.3. The van der Waals surface area contributed by atoms with Crippen LogP contribution in [0.5, 0.6) is 0 Å². The van der Waals surface area contributed by atoms with Crippen molar-refractivity contribution in [1.82, 2.24) is 18.7 Å². The molecule has 2 heterocycles. The second kappa shape index (κ2) is 6.42. The van der Waals surface area contributed by atoms with E-state index in [9.17, 15) is 9.59 Å². The highest BCUT2D eigenvalue weighted by atomic mass is 16.2. The van der Waals surface area contributed by atoms with Crippen molar-refractivity contribution in [2.45, 2.75) is 12.8 Å². The summed E-state index contributed by atoms with van der Waals surface area (Å²) in [6, 6.07) is 11.6. The summed E-state index contributed by atoms with van der Waals surface area (Å²) in [5.41, 5.74) is 5.38. The molecule has 1 amide bonds. The van der Waals surface area contributed by atoms with E-state index in [1.807, 2.05) is 48.0 Å². The van der Waals surface area contributed by atoms with Crippen molar-refractivity contribution in [2.75, 3.05) is 5.32 Å². The molecule has 0 saturated carbocycles. The number of aryl methyl sites for hydroxylation is 4. The molecule has 0 bridgehead atoms. The lowest BCUT2D eigenvalue weighted by Gasteiger charge is -2.07. The number of aromatic nitrogens is 4. The van der Waals surface area contributed by atoms with Crippen LogP contribution >= 0.6 is 0 Å². The van der Waals surface area contributed by atoms with E-state index in [1.165, 1.54) is 0 Å². The molecule has 4 rings (SSSR count). The molecule has 0 atom stereocenters. The van der Waals surface area contributed by atoms with E-state index in [1.54, 1.807) is 29.6 Å². The molecule has 0 spiro atoms. The zero-order valence-electron chi connectivity index (χ0n) is 15.6. The van der Waals surface area contributed by atoms with E-state index >= 15 is 0 Å². The van der Waals surface area contributed by atoms with Crippen molar-refractivity contribution in [3.05, 3.63) is 58.8 Å². The Balaban J connectivity index is 1.47. The van der Waals surface area contributed by atoms with E-state index in [4.69, 9.17) is 0 Å². The molecule has 138 valence electrons. The minimum atomic E-state index is -0.0505. The van der Waals surface area contributed by atoms with Gasteiger partial charge in [-0.1, -0.05) is 6.07 Å². The van der Waals surface area contributed by atoms with Gasteiger partial charge >= 0.3 is 5.69 Å². The van der Waals surface area contributed by atoms with Crippen molar-refractivity contribution in [1.29, 1.82) is 0 Å². The number of carbonyl (C=O) groups is 1. The number of hydrogen-bond acceptors (Lipinski definition) is 3. The third-order valence-corrected chi connectivity index (χ3v) is 4.99. The predicted molar refractivity (Wildman–Crippen MR) is 106 cm³/mol. The van der Waals surface area contributed by atoms with Crippen LogP contribution in [-0.2, 0) is 32.4 Å². The molecule has 0 aliphatic rings. The van der Waals surface area contributed by atoms with E-state index in [-0.39, 0.29) is 11.6 Å². The molecule has 27 heavy (non-hydrogen) atoms. The Morgan fingerprint density at radius 2 is 1.78 bits per heavy atom. The van der Waals surface area contributed by atoms with Gasteiger partial charge in [0.1, 0.15) is 0 Å². The molecule has 0 fully saturated rings. The van der Waals surface area contributed by atoms with E-state index in [2.05, 4.69) is 10.3 Å². The molecule has 0 radical (unpaired) electrons. The van der Waals surface area contributed by atoms with Crippen LogP contribution in [0.4, 0.5) is 5.69 Å². The summed E-state index contributed by atoms with van der Waals surface area (Å²) in [5.74, 6) is -0.0430. The van der Waals surface area contributed by atoms with Crippen LogP contribution in [0.25, 0.3) is 22.1 Å². The maximum Gasteiger partial charge on any atom is 0.328 e. The van der Waals surface area contributed by atoms with Gasteiger partial charge in [-0.3, -0.25) is 13.9 Å². The van der Waals surface area contributed by atoms with Gasteiger partial charge in [0.05, 0.1) is 28.4 Å². The number of imidazole rings is 2. The van der Waals surface area contributed by atoms with E-state index < -0.39 is 0 Å². The van der Waals surface area contributed by atoms with Crippen LogP contribution in [0, 0.1) is 0 Å². The van der Waals surface area contributed by atoms with Crippen LogP contribution < -0.4 is 11.0 Å². The lowest BCUT2D eigenvalue weighted by molar-refractivity contribution is -0.116. The molecule has 7 heteroatoms. The van der Waals surface area contributed by atoms with Crippen LogP contribution in [0.2, 0.25) is 0 Å². The van der Waals surface area contributed by atoms with Gasteiger partial charge in [0.2, 0.25) is 5.91 Å². The highest BCUT2D eigenvalue weighted by Gasteiger charge is 2.10. The number of rotatable bonds is 4. The minimum Gasteiger partial charge on any atom is -0.334 e. The Kier molecular flexibility index (Phi) is 4.07. The van der Waals surface area contributed by atoms with Crippen LogP contribution in [-0.4, -0.2) is 24.6 Å². The second-order valence-electron chi connectivity index (χ2n) is 6.83. The van der Waals surface area contributed by atoms with Gasteiger partial charge in [-0.25, -0.2) is 9.78 Å². The van der Waals surface area contributed by atoms with Crippen molar-refractivity contribution in [2.24, 2.45) is 21.1 Å². The quantitative estimate of drug-likeness (QED) is 0.605. The van der Waals surface area contributed by atoms with Crippen LogP contribution in [0.15, 0.2) is 47.5 Å². The van der Waals surface area contributed by atoms with Crippen LogP contribution in [0.3, 0.4) is 0 Å². The Morgan fingerprint density at radius 3 is 2.59 bits per heavy atom. The van der Waals surface area contributed by atoms with Gasteiger partial charge < -0.3 is 9.88 Å². The molecule has 0 aliphatic heterocycles. The first-order valence-corrected chi connectivity index (χ1v) is 8.79. The first kappa shape index (κ1) is 17.1. The number of amides is 1. The van der Waals surface area contributed by atoms with Crippen molar-refractivity contribution in [3.63, 3.8) is 0 Å². The molecule has 0 aliphatic carbocycles. The fourth-order valence-electron chi connectivity index (χ4n) is 3.39. The topological polar surface area (TPSA) is 73.8 Å². The third-order valence-electron chi connectivity index (χ3n) is 4.99. The molecule has 0 unspecified atom stereocenters. The molecule has 4 aromatic rings. The number of benzene rings is 2. The van der Waals surface area contributed by atoms with Gasteiger partial charge in [-0.05, 0) is 42.3 Å². The molecule has 0 saturated heterocycles. The smallest absolute Gasteiger partial charge is 0.328 e. The summed E-state index contributed by atoms with van der Waals surface area (Å²) < 4.78 is 5.17. The molecular formula is C20H21N5O2. The second-order valence-corrected chi connectivity index (χ2v) is 6.83. The van der Waals surface area contributed by atoms with Gasteiger partial charge in [0.25, 0.3) is 0 Å². The zero-order valence-corrected chi connectivity index (χ0v) is 15.6. The SMILES string of the molecule is Cn1cnc2ccc(NC(=O)CCc3ccc4c(c3)n(C)c(=O)n4C)cc21. The molecular weight excluding hydrogens is 342 g/mol. The highest BCUT2D eigenvalue weighted by molar-refractivity contribution is 5.93. The Morgan fingerprint density at radius 1 is 1.00 bits per heavy atom. The fraction of sp³-hybridized carbons (Fsp3) is 0.250. The summed E-state index contributed by atoms with van der Waals surface area (Å²) in [4.78, 5) is 28.6. The average molecular weight is 363 g/mol. The molecule has 7 nitrogen and oxygen atoms in total. The van der Waals surface area contributed by atoms with E-state index in [0.717, 1.165) is 33.3 Å². The number of nitrogens with zero attached hydrogens (tertiary/aromatic N) is 4. The number of anilines is 1. The summed E-state index contributed by atoms with van der Waals surface area (Å²) in [6.07, 6.45) is 2.73.